The first kappa shape index (κ1) is 26.6. The average molecular weight is 371 g/mol. The number of hydrogen-bond donors (Lipinski definition) is 3. The molecule has 0 rings (SSSR count). The molecular formula is C20H42N4O2. The minimum Gasteiger partial charge on any atom is -0.481 e. The number of guanidine groups is 1. The highest BCUT2D eigenvalue weighted by Gasteiger charge is 1.94. The summed E-state index contributed by atoms with van der Waals surface area (Å²) in [4.78, 5) is 10.0. The van der Waals surface area contributed by atoms with E-state index in [0.717, 1.165) is 19.3 Å². The van der Waals surface area contributed by atoms with Gasteiger partial charge in [0, 0.05) is 12.6 Å². The second-order valence-corrected chi connectivity index (χ2v) is 6.64. The zero-order valence-electron chi connectivity index (χ0n) is 17.1. The molecule has 0 atom stereocenters. The van der Waals surface area contributed by atoms with E-state index in [1.54, 1.807) is 6.21 Å². The van der Waals surface area contributed by atoms with Gasteiger partial charge in [0.25, 0.3) is 0 Å². The van der Waals surface area contributed by atoms with Crippen LogP contribution >= 0.6 is 0 Å². The third-order valence-electron chi connectivity index (χ3n) is 3.94. The van der Waals surface area contributed by atoms with Crippen molar-refractivity contribution in [3.63, 3.8) is 0 Å². The number of aliphatic carboxylic acids is 1. The van der Waals surface area contributed by atoms with E-state index in [1.807, 2.05) is 0 Å². The van der Waals surface area contributed by atoms with Crippen molar-refractivity contribution < 1.29 is 9.90 Å². The first-order valence-electron chi connectivity index (χ1n) is 10.4. The van der Waals surface area contributed by atoms with Gasteiger partial charge in [0.15, 0.2) is 0 Å². The van der Waals surface area contributed by atoms with Crippen molar-refractivity contribution >= 4 is 18.1 Å². The van der Waals surface area contributed by atoms with Gasteiger partial charge in [-0.2, -0.15) is 5.10 Å². The number of nitrogens with two attached hydrogens (primary N) is 2. The summed E-state index contributed by atoms with van der Waals surface area (Å²) in [6.07, 6.45) is 19.3. The maximum Gasteiger partial charge on any atom is 0.303 e. The van der Waals surface area contributed by atoms with E-state index in [1.165, 1.54) is 70.6 Å². The van der Waals surface area contributed by atoms with Crippen molar-refractivity contribution in [2.45, 2.75) is 110 Å². The Morgan fingerprint density at radius 3 is 1.73 bits per heavy atom. The van der Waals surface area contributed by atoms with Gasteiger partial charge in [-0.25, -0.2) is 0 Å². The molecule has 154 valence electrons. The number of rotatable bonds is 16. The molecule has 0 aromatic heterocycles. The van der Waals surface area contributed by atoms with Gasteiger partial charge in [0.05, 0.1) is 0 Å². The Balaban J connectivity index is 0. The van der Waals surface area contributed by atoms with E-state index in [0.29, 0.717) is 6.42 Å². The van der Waals surface area contributed by atoms with Gasteiger partial charge in [-0.1, -0.05) is 84.5 Å². The molecule has 0 bridgehead atoms. The molecule has 6 nitrogen and oxygen atoms in total. The highest BCUT2D eigenvalue weighted by Crippen LogP contribution is 2.08. The third-order valence-corrected chi connectivity index (χ3v) is 3.94. The van der Waals surface area contributed by atoms with Crippen LogP contribution in [0.25, 0.3) is 0 Å². The lowest BCUT2D eigenvalue weighted by atomic mass is 10.1. The molecule has 0 heterocycles. The molecule has 0 radical (unpaired) electrons. The lowest BCUT2D eigenvalue weighted by molar-refractivity contribution is -0.137. The zero-order valence-corrected chi connectivity index (χ0v) is 17.1. The molecule has 0 unspecified atom stereocenters. The molecule has 0 aromatic carbocycles. The van der Waals surface area contributed by atoms with Crippen LogP contribution in [0.1, 0.15) is 110 Å². The summed E-state index contributed by atoms with van der Waals surface area (Å²) < 4.78 is 0. The van der Waals surface area contributed by atoms with Crippen LogP contribution in [0.5, 0.6) is 0 Å². The average Bonchev–Trinajstić information content (AvgIpc) is 2.59. The number of hydrogen-bond acceptors (Lipinski definition) is 3. The van der Waals surface area contributed by atoms with Crippen molar-refractivity contribution in [3.05, 3.63) is 0 Å². The Kier molecular flexibility index (Phi) is 24.0. The van der Waals surface area contributed by atoms with Crippen LogP contribution < -0.4 is 11.5 Å². The smallest absolute Gasteiger partial charge is 0.303 e. The molecule has 0 saturated heterocycles. The monoisotopic (exact) mass is 370 g/mol. The summed E-state index contributed by atoms with van der Waals surface area (Å²) in [5.74, 6) is -0.649. The number of carbonyl (C=O) groups is 1. The first-order valence-corrected chi connectivity index (χ1v) is 10.4. The summed E-state index contributed by atoms with van der Waals surface area (Å²) in [5, 5.41) is 15.5. The largest absolute Gasteiger partial charge is 0.481 e. The Morgan fingerprint density at radius 2 is 1.27 bits per heavy atom. The minimum atomic E-state index is -0.670. The first-order chi connectivity index (χ1) is 12.5. The van der Waals surface area contributed by atoms with Crippen LogP contribution in [0.4, 0.5) is 0 Å². The van der Waals surface area contributed by atoms with Crippen molar-refractivity contribution in [2.75, 3.05) is 0 Å². The second kappa shape index (κ2) is 23.4. The summed E-state index contributed by atoms with van der Waals surface area (Å²) in [6.45, 7) is 4.40. The number of nitrogens with zero attached hydrogens (tertiary/aromatic N) is 2. The fourth-order valence-corrected chi connectivity index (χ4v) is 2.41. The normalized spacial score (nSPS) is 10.4. The molecule has 0 saturated carbocycles. The standard InChI is InChI=1S/C12H26N4.C8H16O2/c1-2-3-4-5-6-7-8-9-10-11-15-16-12(13)14;1-2-3-4-5-6-7-8(9)10/h11H,2-10H2,1H3,(H4,13,14,16);2-7H2,1H3,(H,9,10)/b15-11+;. The van der Waals surface area contributed by atoms with E-state index in [-0.39, 0.29) is 5.96 Å². The lowest BCUT2D eigenvalue weighted by Gasteiger charge is -1.99. The van der Waals surface area contributed by atoms with Gasteiger partial charge < -0.3 is 16.6 Å². The van der Waals surface area contributed by atoms with Gasteiger partial charge in [0.1, 0.15) is 0 Å². The molecule has 0 spiro atoms. The summed E-state index contributed by atoms with van der Waals surface area (Å²) in [7, 11) is 0. The molecule has 0 aliphatic heterocycles. The molecule has 5 N–H and O–H groups in total. The van der Waals surface area contributed by atoms with E-state index >= 15 is 0 Å². The molecular weight excluding hydrogens is 328 g/mol. The van der Waals surface area contributed by atoms with Crippen molar-refractivity contribution in [3.8, 4) is 0 Å². The number of unbranched alkanes of at least 4 members (excludes halogenated alkanes) is 12. The Labute approximate surface area is 160 Å². The van der Waals surface area contributed by atoms with Crippen LogP contribution in [-0.2, 0) is 4.79 Å². The lowest BCUT2D eigenvalue weighted by Crippen LogP contribution is -2.21. The number of carboxylic acids is 1. The van der Waals surface area contributed by atoms with E-state index in [4.69, 9.17) is 16.6 Å². The predicted molar refractivity (Wildman–Crippen MR) is 113 cm³/mol. The fourth-order valence-electron chi connectivity index (χ4n) is 2.41. The number of carboxylic acid groups (broad SMARTS) is 1. The zero-order chi connectivity index (χ0) is 19.9. The second-order valence-electron chi connectivity index (χ2n) is 6.64. The van der Waals surface area contributed by atoms with Gasteiger partial charge >= 0.3 is 5.97 Å². The summed E-state index contributed by atoms with van der Waals surface area (Å²) >= 11 is 0. The van der Waals surface area contributed by atoms with Crippen LogP contribution in [0.2, 0.25) is 0 Å². The topological polar surface area (TPSA) is 114 Å². The Morgan fingerprint density at radius 1 is 0.808 bits per heavy atom. The molecule has 0 aliphatic carbocycles. The van der Waals surface area contributed by atoms with Gasteiger partial charge in [0.2, 0.25) is 5.96 Å². The van der Waals surface area contributed by atoms with Crippen LogP contribution in [0.3, 0.4) is 0 Å². The van der Waals surface area contributed by atoms with Gasteiger partial charge in [-0.15, -0.1) is 5.10 Å². The van der Waals surface area contributed by atoms with Gasteiger partial charge in [-0.05, 0) is 19.3 Å². The van der Waals surface area contributed by atoms with E-state index in [2.05, 4.69) is 24.1 Å². The Hall–Kier alpha value is -1.59. The third kappa shape index (κ3) is 30.3. The maximum absolute atomic E-state index is 10.0. The highest BCUT2D eigenvalue weighted by atomic mass is 16.4. The van der Waals surface area contributed by atoms with Gasteiger partial charge in [-0.3, -0.25) is 4.79 Å². The van der Waals surface area contributed by atoms with Crippen LogP contribution in [0, 0.1) is 0 Å². The molecule has 0 amide bonds. The molecule has 0 aliphatic rings. The van der Waals surface area contributed by atoms with Crippen molar-refractivity contribution in [1.29, 1.82) is 0 Å². The molecule has 0 fully saturated rings. The van der Waals surface area contributed by atoms with Crippen molar-refractivity contribution in [1.82, 2.24) is 0 Å². The van der Waals surface area contributed by atoms with E-state index < -0.39 is 5.97 Å². The quantitative estimate of drug-likeness (QED) is 0.150. The van der Waals surface area contributed by atoms with Crippen LogP contribution in [-0.4, -0.2) is 23.2 Å². The SMILES string of the molecule is CCCCCCCC(=O)O.CCCCCCCCCC/C=N/N=C(N)N. The fraction of sp³-hybridized carbons (Fsp3) is 0.850. The molecule has 6 heteroatoms. The minimum absolute atomic E-state index is 0.0205. The molecule has 0 aromatic rings. The summed E-state index contributed by atoms with van der Waals surface area (Å²) in [6, 6.07) is 0. The van der Waals surface area contributed by atoms with Crippen molar-refractivity contribution in [2.24, 2.45) is 21.7 Å². The summed E-state index contributed by atoms with van der Waals surface area (Å²) in [5.41, 5.74) is 10.3. The highest BCUT2D eigenvalue weighted by molar-refractivity contribution is 5.76. The predicted octanol–water partition coefficient (Wildman–Crippen LogP) is 5.21. The van der Waals surface area contributed by atoms with E-state index in [9.17, 15) is 4.79 Å². The Bertz CT molecular complexity index is 354. The maximum atomic E-state index is 10.0. The molecule has 26 heavy (non-hydrogen) atoms. The van der Waals surface area contributed by atoms with Crippen LogP contribution in [0.15, 0.2) is 10.2 Å².